The molecular weight excluding hydrogens is 302 g/mol. The summed E-state index contributed by atoms with van der Waals surface area (Å²) in [5.74, 6) is 0.597. The molecule has 3 rings (SSSR count). The van der Waals surface area contributed by atoms with E-state index in [0.717, 1.165) is 19.4 Å². The molecule has 2 aromatic rings. The van der Waals surface area contributed by atoms with Crippen molar-refractivity contribution < 1.29 is 9.53 Å². The van der Waals surface area contributed by atoms with Crippen molar-refractivity contribution >= 4 is 17.5 Å². The van der Waals surface area contributed by atoms with Crippen LogP contribution in [-0.4, -0.2) is 40.0 Å². The van der Waals surface area contributed by atoms with Gasteiger partial charge in [-0.25, -0.2) is 0 Å². The van der Waals surface area contributed by atoms with Crippen LogP contribution in [0.5, 0.6) is 5.75 Å². The fourth-order valence-electron chi connectivity index (χ4n) is 2.53. The Labute approximate surface area is 133 Å². The van der Waals surface area contributed by atoms with Crippen LogP contribution in [0.1, 0.15) is 23.2 Å². The van der Waals surface area contributed by atoms with Crippen LogP contribution in [-0.2, 0) is 0 Å². The summed E-state index contributed by atoms with van der Waals surface area (Å²) in [5.41, 5.74) is 0.602. The highest BCUT2D eigenvalue weighted by Crippen LogP contribution is 2.25. The largest absolute Gasteiger partial charge is 0.487 e. The molecule has 0 spiro atoms. The van der Waals surface area contributed by atoms with E-state index >= 15 is 0 Å². The molecule has 114 valence electrons. The molecule has 1 saturated heterocycles. The van der Waals surface area contributed by atoms with Crippen molar-refractivity contribution in [3.8, 4) is 5.75 Å². The summed E-state index contributed by atoms with van der Waals surface area (Å²) >= 11 is 6.06. The predicted octanol–water partition coefficient (Wildman–Crippen LogP) is 2.81. The number of halogens is 1. The molecule has 0 aliphatic carbocycles. The van der Waals surface area contributed by atoms with E-state index in [1.807, 2.05) is 0 Å². The number of piperidine rings is 1. The maximum atomic E-state index is 12.5. The molecule has 0 aromatic carbocycles. The van der Waals surface area contributed by atoms with E-state index in [2.05, 4.69) is 9.97 Å². The van der Waals surface area contributed by atoms with Crippen LogP contribution >= 0.6 is 11.6 Å². The molecule has 1 unspecified atom stereocenters. The number of aromatic nitrogens is 2. The van der Waals surface area contributed by atoms with Gasteiger partial charge in [0.15, 0.2) is 0 Å². The highest BCUT2D eigenvalue weighted by atomic mass is 35.5. The van der Waals surface area contributed by atoms with Crippen LogP contribution in [0.15, 0.2) is 43.0 Å². The van der Waals surface area contributed by atoms with Gasteiger partial charge in [-0.3, -0.25) is 14.8 Å². The molecule has 6 heteroatoms. The molecule has 0 N–H and O–H groups in total. The fraction of sp³-hybridized carbons (Fsp3) is 0.312. The number of carbonyl (C=O) groups is 1. The minimum atomic E-state index is -0.0609. The summed E-state index contributed by atoms with van der Waals surface area (Å²) in [6.45, 7) is 1.28. The van der Waals surface area contributed by atoms with Gasteiger partial charge in [-0.2, -0.15) is 0 Å². The summed E-state index contributed by atoms with van der Waals surface area (Å²) in [4.78, 5) is 22.2. The highest BCUT2D eigenvalue weighted by Gasteiger charge is 2.26. The summed E-state index contributed by atoms with van der Waals surface area (Å²) in [7, 11) is 0. The van der Waals surface area contributed by atoms with E-state index in [4.69, 9.17) is 16.3 Å². The van der Waals surface area contributed by atoms with E-state index in [9.17, 15) is 4.79 Å². The lowest BCUT2D eigenvalue weighted by molar-refractivity contribution is 0.0537. The zero-order chi connectivity index (χ0) is 15.4. The second-order valence-electron chi connectivity index (χ2n) is 5.18. The van der Waals surface area contributed by atoms with Crippen molar-refractivity contribution in [2.24, 2.45) is 0 Å². The molecular formula is C16H16ClN3O2. The minimum Gasteiger partial charge on any atom is -0.487 e. The van der Waals surface area contributed by atoms with Gasteiger partial charge in [0, 0.05) is 37.4 Å². The van der Waals surface area contributed by atoms with Crippen LogP contribution in [0.25, 0.3) is 0 Å². The number of nitrogens with zero attached hydrogens (tertiary/aromatic N) is 3. The molecule has 1 aliphatic heterocycles. The Morgan fingerprint density at radius 2 is 2.14 bits per heavy atom. The third kappa shape index (κ3) is 3.36. The average Bonchev–Trinajstić information content (AvgIpc) is 2.57. The second-order valence-corrected chi connectivity index (χ2v) is 5.59. The van der Waals surface area contributed by atoms with Crippen molar-refractivity contribution in [2.75, 3.05) is 13.1 Å². The second kappa shape index (κ2) is 6.75. The Morgan fingerprint density at radius 3 is 2.91 bits per heavy atom. The minimum absolute atomic E-state index is 0.0118. The lowest BCUT2D eigenvalue weighted by atomic mass is 10.1. The Balaban J connectivity index is 1.67. The van der Waals surface area contributed by atoms with Gasteiger partial charge in [0.1, 0.15) is 16.9 Å². The summed E-state index contributed by atoms with van der Waals surface area (Å²) in [6, 6.07) is 5.28. The highest BCUT2D eigenvalue weighted by molar-refractivity contribution is 6.31. The van der Waals surface area contributed by atoms with Gasteiger partial charge in [-0.05, 0) is 25.0 Å². The zero-order valence-corrected chi connectivity index (χ0v) is 12.7. The first-order valence-corrected chi connectivity index (χ1v) is 7.57. The van der Waals surface area contributed by atoms with Crippen LogP contribution in [0.2, 0.25) is 5.02 Å². The number of likely N-dealkylation sites (tertiary alicyclic amines) is 1. The number of ether oxygens (including phenoxy) is 1. The standard InChI is InChI=1S/C16H16ClN3O2/c17-14-10-19-7-5-15(14)22-13-4-2-8-20(11-13)16(21)12-3-1-6-18-9-12/h1,3,5-7,9-10,13H,2,4,8,11H2. The lowest BCUT2D eigenvalue weighted by Crippen LogP contribution is -2.44. The Kier molecular flexibility index (Phi) is 4.53. The molecule has 0 bridgehead atoms. The number of rotatable bonds is 3. The fourth-order valence-corrected chi connectivity index (χ4v) is 2.69. The normalized spacial score (nSPS) is 18.0. The van der Waals surface area contributed by atoms with Crippen molar-refractivity contribution in [1.82, 2.24) is 14.9 Å². The van der Waals surface area contributed by atoms with E-state index in [1.165, 1.54) is 0 Å². The van der Waals surface area contributed by atoms with Crippen molar-refractivity contribution in [1.29, 1.82) is 0 Å². The number of amides is 1. The molecule has 0 saturated carbocycles. The average molecular weight is 318 g/mol. The number of carbonyl (C=O) groups excluding carboxylic acids is 1. The first-order chi connectivity index (χ1) is 10.7. The van der Waals surface area contributed by atoms with E-state index in [-0.39, 0.29) is 12.0 Å². The molecule has 5 nitrogen and oxygen atoms in total. The van der Waals surface area contributed by atoms with Gasteiger partial charge in [0.05, 0.1) is 12.1 Å². The topological polar surface area (TPSA) is 55.3 Å². The molecule has 1 aliphatic rings. The summed E-state index contributed by atoms with van der Waals surface area (Å²) < 4.78 is 5.92. The van der Waals surface area contributed by atoms with Gasteiger partial charge < -0.3 is 9.64 Å². The molecule has 22 heavy (non-hydrogen) atoms. The van der Waals surface area contributed by atoms with Crippen LogP contribution < -0.4 is 4.74 Å². The zero-order valence-electron chi connectivity index (χ0n) is 12.0. The summed E-state index contributed by atoms with van der Waals surface area (Å²) in [6.07, 6.45) is 8.18. The first kappa shape index (κ1) is 14.8. The van der Waals surface area contributed by atoms with Gasteiger partial charge in [0.25, 0.3) is 5.91 Å². The molecule has 1 fully saturated rings. The van der Waals surface area contributed by atoms with Gasteiger partial charge in [-0.1, -0.05) is 11.6 Å². The number of hydrogen-bond donors (Lipinski definition) is 0. The monoisotopic (exact) mass is 317 g/mol. The first-order valence-electron chi connectivity index (χ1n) is 7.19. The Bertz CT molecular complexity index is 651. The molecule has 0 radical (unpaired) electrons. The molecule has 2 aromatic heterocycles. The van der Waals surface area contributed by atoms with Crippen LogP contribution in [0.4, 0.5) is 0 Å². The molecule has 3 heterocycles. The Hall–Kier alpha value is -2.14. The van der Waals surface area contributed by atoms with Crippen molar-refractivity contribution in [3.05, 3.63) is 53.6 Å². The van der Waals surface area contributed by atoms with Crippen LogP contribution in [0.3, 0.4) is 0 Å². The number of hydrogen-bond acceptors (Lipinski definition) is 4. The van der Waals surface area contributed by atoms with Gasteiger partial charge >= 0.3 is 0 Å². The van der Waals surface area contributed by atoms with E-state index in [1.54, 1.807) is 47.9 Å². The SMILES string of the molecule is O=C(c1cccnc1)N1CCCC(Oc2ccncc2Cl)C1. The van der Waals surface area contributed by atoms with E-state index in [0.29, 0.717) is 22.9 Å². The van der Waals surface area contributed by atoms with Gasteiger partial charge in [-0.15, -0.1) is 0 Å². The van der Waals surface area contributed by atoms with Gasteiger partial charge in [0.2, 0.25) is 0 Å². The van der Waals surface area contributed by atoms with Crippen molar-refractivity contribution in [3.63, 3.8) is 0 Å². The Morgan fingerprint density at radius 1 is 1.27 bits per heavy atom. The quantitative estimate of drug-likeness (QED) is 0.873. The van der Waals surface area contributed by atoms with E-state index < -0.39 is 0 Å². The van der Waals surface area contributed by atoms with Crippen LogP contribution in [0, 0.1) is 0 Å². The molecule has 1 amide bonds. The third-order valence-corrected chi connectivity index (χ3v) is 3.89. The maximum absolute atomic E-state index is 12.5. The maximum Gasteiger partial charge on any atom is 0.255 e. The van der Waals surface area contributed by atoms with Crippen molar-refractivity contribution in [2.45, 2.75) is 18.9 Å². The predicted molar refractivity (Wildman–Crippen MR) is 83.0 cm³/mol. The smallest absolute Gasteiger partial charge is 0.255 e. The summed E-state index contributed by atoms with van der Waals surface area (Å²) in [5, 5.41) is 0.484. The molecule has 1 atom stereocenters. The number of pyridine rings is 2. The lowest BCUT2D eigenvalue weighted by Gasteiger charge is -2.33. The third-order valence-electron chi connectivity index (χ3n) is 3.60.